The van der Waals surface area contributed by atoms with Crippen LogP contribution in [-0.2, 0) is 4.79 Å². The smallest absolute Gasteiger partial charge is 0.312 e. The fourth-order valence-corrected chi connectivity index (χ4v) is 4.39. The number of fused-ring (bicyclic) bond motifs is 3. The van der Waals surface area contributed by atoms with Crippen molar-refractivity contribution in [3.05, 3.63) is 94.4 Å². The molecule has 0 spiro atoms. The molecule has 1 atom stereocenters. The summed E-state index contributed by atoms with van der Waals surface area (Å²) < 4.78 is 22.3. The summed E-state index contributed by atoms with van der Waals surface area (Å²) >= 11 is 0. The summed E-state index contributed by atoms with van der Waals surface area (Å²) in [5.41, 5.74) is 2.98. The Labute approximate surface area is 207 Å². The Morgan fingerprint density at radius 2 is 1.78 bits per heavy atom. The number of hydrogen-bond acceptors (Lipinski definition) is 7. The van der Waals surface area contributed by atoms with E-state index in [4.69, 9.17) is 18.6 Å². The maximum absolute atomic E-state index is 13.5. The lowest BCUT2D eigenvalue weighted by Crippen LogP contribution is -2.22. The number of carbonyl (C=O) groups excluding carboxylic acids is 1. The summed E-state index contributed by atoms with van der Waals surface area (Å²) in [5.74, 6) is 0.308. The van der Waals surface area contributed by atoms with Crippen LogP contribution < -0.4 is 19.6 Å². The number of esters is 1. The van der Waals surface area contributed by atoms with E-state index in [0.717, 1.165) is 11.1 Å². The van der Waals surface area contributed by atoms with Crippen molar-refractivity contribution in [3.63, 3.8) is 0 Å². The number of benzene rings is 3. The van der Waals surface area contributed by atoms with E-state index in [-0.39, 0.29) is 34.3 Å². The molecule has 0 unspecified atom stereocenters. The van der Waals surface area contributed by atoms with Gasteiger partial charge in [0.15, 0.2) is 0 Å². The molecule has 0 bridgehead atoms. The van der Waals surface area contributed by atoms with Crippen LogP contribution in [-0.4, -0.2) is 24.8 Å². The van der Waals surface area contributed by atoms with Gasteiger partial charge in [-0.2, -0.15) is 0 Å². The van der Waals surface area contributed by atoms with Gasteiger partial charge in [0.25, 0.3) is 0 Å². The monoisotopic (exact) mass is 484 g/mol. The van der Waals surface area contributed by atoms with Crippen molar-refractivity contribution in [3.8, 4) is 34.1 Å². The summed E-state index contributed by atoms with van der Waals surface area (Å²) in [6, 6.07) is 15.6. The van der Waals surface area contributed by atoms with Crippen LogP contribution in [0, 0.1) is 0 Å². The molecule has 1 aliphatic rings. The van der Waals surface area contributed by atoms with Crippen molar-refractivity contribution >= 4 is 16.9 Å². The molecule has 0 aliphatic carbocycles. The van der Waals surface area contributed by atoms with Crippen LogP contribution in [0.25, 0.3) is 22.1 Å². The molecule has 0 radical (unpaired) electrons. The Balaban J connectivity index is 1.62. The number of rotatable bonds is 6. The van der Waals surface area contributed by atoms with Crippen LogP contribution in [0.2, 0.25) is 0 Å². The minimum absolute atomic E-state index is 0.0337. The van der Waals surface area contributed by atoms with Gasteiger partial charge in [0.2, 0.25) is 5.43 Å². The lowest BCUT2D eigenvalue weighted by Gasteiger charge is -2.26. The van der Waals surface area contributed by atoms with Gasteiger partial charge < -0.3 is 23.7 Å². The maximum Gasteiger partial charge on any atom is 0.312 e. The van der Waals surface area contributed by atoms with Gasteiger partial charge in [-0.25, -0.2) is 0 Å². The highest BCUT2D eigenvalue weighted by molar-refractivity contribution is 5.94. The predicted octanol–water partition coefficient (Wildman–Crippen LogP) is 5.57. The highest BCUT2D eigenvalue weighted by atomic mass is 16.5. The topological polar surface area (TPSA) is 95.2 Å². The maximum atomic E-state index is 13.5. The van der Waals surface area contributed by atoms with Gasteiger partial charge in [-0.3, -0.25) is 9.59 Å². The van der Waals surface area contributed by atoms with Crippen LogP contribution in [0.1, 0.15) is 30.4 Å². The largest absolute Gasteiger partial charge is 0.507 e. The number of hydrogen-bond donors (Lipinski definition) is 1. The zero-order valence-corrected chi connectivity index (χ0v) is 19.9. The first-order valence-electron chi connectivity index (χ1n) is 11.4. The summed E-state index contributed by atoms with van der Waals surface area (Å²) in [6.07, 6.45) is 1.43. The van der Waals surface area contributed by atoms with E-state index in [1.165, 1.54) is 12.3 Å². The van der Waals surface area contributed by atoms with Crippen molar-refractivity contribution in [2.45, 2.75) is 19.3 Å². The first-order chi connectivity index (χ1) is 17.4. The van der Waals surface area contributed by atoms with Crippen LogP contribution in [0.5, 0.6) is 23.0 Å². The van der Waals surface area contributed by atoms with E-state index in [0.29, 0.717) is 34.8 Å². The molecule has 4 aromatic rings. The Bertz CT molecular complexity index is 1530. The number of carbonyl (C=O) groups is 1. The molecular formula is C29H24O7. The summed E-state index contributed by atoms with van der Waals surface area (Å²) in [6.45, 7) is 6.12. The van der Waals surface area contributed by atoms with Crippen LogP contribution in [0.4, 0.5) is 0 Å². The fourth-order valence-electron chi connectivity index (χ4n) is 4.39. The highest BCUT2D eigenvalue weighted by Crippen LogP contribution is 2.45. The molecule has 7 heteroatoms. The summed E-state index contributed by atoms with van der Waals surface area (Å²) in [5, 5.41) is 10.8. The van der Waals surface area contributed by atoms with Gasteiger partial charge in [-0.05, 0) is 47.9 Å². The van der Waals surface area contributed by atoms with Gasteiger partial charge in [0.05, 0.1) is 19.1 Å². The summed E-state index contributed by atoms with van der Waals surface area (Å²) in [7, 11) is 1.56. The zero-order chi connectivity index (χ0) is 25.4. The molecule has 1 N–H and O–H groups in total. The molecule has 0 fully saturated rings. The number of ether oxygens (including phenoxy) is 3. The van der Waals surface area contributed by atoms with Gasteiger partial charge in [0.1, 0.15) is 46.8 Å². The quantitative estimate of drug-likeness (QED) is 0.217. The standard InChI is InChI=1S/C29H24O7/c1-16(2)14-34-20-10-6-17(7-11-20)21-12-25(31)36-24-13-23(30)27-28(32)22(15-35-29(27)26(21)24)18-4-8-19(33-3)9-5-18/h4-11,13,15,21,30H,1,12,14H2,2-3H3/t21-/m0/s1. The second-order valence-electron chi connectivity index (χ2n) is 8.76. The van der Waals surface area contributed by atoms with E-state index in [1.807, 2.05) is 31.2 Å². The van der Waals surface area contributed by atoms with E-state index in [1.54, 1.807) is 31.4 Å². The van der Waals surface area contributed by atoms with Crippen molar-refractivity contribution in [2.75, 3.05) is 13.7 Å². The zero-order valence-electron chi connectivity index (χ0n) is 19.9. The molecule has 0 saturated carbocycles. The molecule has 0 amide bonds. The van der Waals surface area contributed by atoms with Gasteiger partial charge in [-0.1, -0.05) is 30.8 Å². The van der Waals surface area contributed by atoms with Crippen molar-refractivity contribution in [1.29, 1.82) is 0 Å². The average Bonchev–Trinajstić information content (AvgIpc) is 2.87. The minimum Gasteiger partial charge on any atom is -0.507 e. The van der Waals surface area contributed by atoms with Gasteiger partial charge in [0, 0.05) is 17.5 Å². The number of phenols is 1. The first-order valence-corrected chi connectivity index (χ1v) is 11.4. The second-order valence-corrected chi connectivity index (χ2v) is 8.76. The summed E-state index contributed by atoms with van der Waals surface area (Å²) in [4.78, 5) is 25.9. The van der Waals surface area contributed by atoms with E-state index < -0.39 is 11.9 Å². The Morgan fingerprint density at radius 1 is 1.08 bits per heavy atom. The lowest BCUT2D eigenvalue weighted by atomic mass is 9.85. The number of phenolic OH excluding ortho intramolecular Hbond substituents is 1. The van der Waals surface area contributed by atoms with Gasteiger partial charge in [-0.15, -0.1) is 0 Å². The van der Waals surface area contributed by atoms with Crippen molar-refractivity contribution in [1.82, 2.24) is 0 Å². The molecule has 5 rings (SSSR count). The van der Waals surface area contributed by atoms with Crippen LogP contribution in [0.15, 0.2) is 82.2 Å². The number of methoxy groups -OCH3 is 1. The molecule has 2 heterocycles. The Kier molecular flexibility index (Phi) is 5.98. The average molecular weight is 485 g/mol. The molecule has 182 valence electrons. The molecule has 3 aromatic carbocycles. The van der Waals surface area contributed by atoms with E-state index in [2.05, 4.69) is 6.58 Å². The lowest BCUT2D eigenvalue weighted by molar-refractivity contribution is -0.135. The normalized spacial score (nSPS) is 14.7. The second kappa shape index (κ2) is 9.26. The van der Waals surface area contributed by atoms with Gasteiger partial charge >= 0.3 is 5.97 Å². The molecule has 0 saturated heterocycles. The third-order valence-corrected chi connectivity index (χ3v) is 6.14. The third kappa shape index (κ3) is 4.20. The van der Waals surface area contributed by atoms with Crippen LogP contribution in [0.3, 0.4) is 0 Å². The molecule has 1 aromatic heterocycles. The Hall–Kier alpha value is -4.52. The number of aromatic hydroxyl groups is 1. The SMILES string of the molecule is C=C(C)COc1ccc([C@@H]2CC(=O)Oc3cc(O)c4c(=O)c(-c5ccc(OC)cc5)coc4c32)cc1. The molecule has 1 aliphatic heterocycles. The minimum atomic E-state index is -0.439. The molecule has 7 nitrogen and oxygen atoms in total. The Morgan fingerprint density at radius 3 is 2.44 bits per heavy atom. The van der Waals surface area contributed by atoms with E-state index in [9.17, 15) is 14.7 Å². The first kappa shape index (κ1) is 23.2. The van der Waals surface area contributed by atoms with E-state index >= 15 is 0 Å². The fraction of sp³-hybridized carbons (Fsp3) is 0.172. The van der Waals surface area contributed by atoms with Crippen molar-refractivity contribution < 1.29 is 28.5 Å². The predicted molar refractivity (Wildman–Crippen MR) is 135 cm³/mol. The highest BCUT2D eigenvalue weighted by Gasteiger charge is 2.33. The van der Waals surface area contributed by atoms with Crippen LogP contribution >= 0.6 is 0 Å². The molecule has 36 heavy (non-hydrogen) atoms. The third-order valence-electron chi connectivity index (χ3n) is 6.14. The molecular weight excluding hydrogens is 460 g/mol. The van der Waals surface area contributed by atoms with Crippen molar-refractivity contribution in [2.24, 2.45) is 0 Å².